The van der Waals surface area contributed by atoms with E-state index in [-0.39, 0.29) is 12.1 Å². The van der Waals surface area contributed by atoms with Crippen molar-refractivity contribution in [3.8, 4) is 5.69 Å². The molecule has 1 N–H and O–H groups in total. The highest BCUT2D eigenvalue weighted by Crippen LogP contribution is 2.42. The van der Waals surface area contributed by atoms with E-state index in [1.807, 2.05) is 66.4 Å². The summed E-state index contributed by atoms with van der Waals surface area (Å²) in [6.45, 7) is 2.01. The smallest absolute Gasteiger partial charge is 0.351 e. The molecule has 3 heterocycles. The lowest BCUT2D eigenvalue weighted by molar-refractivity contribution is -0.137. The predicted octanol–water partition coefficient (Wildman–Crippen LogP) is 6.38. The Kier molecular flexibility index (Phi) is 5.61. The fourth-order valence-electron chi connectivity index (χ4n) is 4.34. The fourth-order valence-corrected chi connectivity index (χ4v) is 4.69. The lowest BCUT2D eigenvalue weighted by Crippen LogP contribution is -2.30. The second-order valence-electron chi connectivity index (χ2n) is 8.18. The minimum Gasteiger partial charge on any atom is -0.351 e. The molecule has 0 bridgehead atoms. The molecule has 0 unspecified atom stereocenters. The summed E-state index contributed by atoms with van der Waals surface area (Å²) in [6.07, 6.45) is -0.934. The van der Waals surface area contributed by atoms with Gasteiger partial charge in [0.05, 0.1) is 17.3 Å². The van der Waals surface area contributed by atoms with E-state index >= 15 is 0 Å². The van der Waals surface area contributed by atoms with Gasteiger partial charge in [-0.1, -0.05) is 29.8 Å². The third-order valence-corrected chi connectivity index (χ3v) is 6.26. The van der Waals surface area contributed by atoms with Crippen LogP contribution in [0.15, 0.2) is 91.3 Å². The number of aromatic nitrogens is 2. The van der Waals surface area contributed by atoms with Crippen molar-refractivity contribution < 1.29 is 13.2 Å². The third kappa shape index (κ3) is 4.05. The molecule has 0 saturated carbocycles. The maximum absolute atomic E-state index is 13.4. The van der Waals surface area contributed by atoms with Gasteiger partial charge in [-0.3, -0.25) is 4.98 Å². The number of anilines is 1. The molecule has 1 aliphatic rings. The van der Waals surface area contributed by atoms with E-state index in [1.54, 1.807) is 23.0 Å². The maximum atomic E-state index is 13.4. The van der Waals surface area contributed by atoms with Gasteiger partial charge < -0.3 is 14.8 Å². The van der Waals surface area contributed by atoms with Crippen LogP contribution in [0, 0.1) is 6.92 Å². The van der Waals surface area contributed by atoms with E-state index in [2.05, 4.69) is 10.3 Å². The van der Waals surface area contributed by atoms with Crippen LogP contribution in [0.2, 0.25) is 0 Å². The van der Waals surface area contributed by atoms with Gasteiger partial charge in [-0.2, -0.15) is 13.2 Å². The van der Waals surface area contributed by atoms with Crippen LogP contribution in [-0.2, 0) is 6.18 Å². The van der Waals surface area contributed by atoms with Crippen molar-refractivity contribution in [2.75, 3.05) is 4.90 Å². The minimum absolute atomic E-state index is 0.297. The van der Waals surface area contributed by atoms with Gasteiger partial charge in [0, 0.05) is 29.5 Å². The minimum atomic E-state index is -4.43. The summed E-state index contributed by atoms with van der Waals surface area (Å²) in [5, 5.41) is 3.92. The number of halogens is 3. The Morgan fingerprint density at radius 2 is 1.71 bits per heavy atom. The Balaban J connectivity index is 1.66. The van der Waals surface area contributed by atoms with Crippen LogP contribution < -0.4 is 10.2 Å². The highest BCUT2D eigenvalue weighted by atomic mass is 32.1. The Morgan fingerprint density at radius 3 is 2.41 bits per heavy atom. The Hall–Kier alpha value is -3.65. The molecule has 2 aromatic heterocycles. The van der Waals surface area contributed by atoms with Crippen LogP contribution in [-0.4, -0.2) is 14.7 Å². The summed E-state index contributed by atoms with van der Waals surface area (Å²) in [5.74, 6) is 0. The number of hydrogen-bond donors (Lipinski definition) is 1. The topological polar surface area (TPSA) is 33.1 Å². The van der Waals surface area contributed by atoms with Gasteiger partial charge in [0.2, 0.25) is 0 Å². The van der Waals surface area contributed by atoms with Crippen molar-refractivity contribution >= 4 is 23.0 Å². The van der Waals surface area contributed by atoms with Crippen molar-refractivity contribution in [2.45, 2.75) is 25.2 Å². The fraction of sp³-hybridized carbons (Fsp3) is 0.154. The molecule has 172 valence electrons. The summed E-state index contributed by atoms with van der Waals surface area (Å²) < 4.78 is 42.0. The molecule has 0 amide bonds. The van der Waals surface area contributed by atoms with Crippen molar-refractivity contribution in [3.63, 3.8) is 0 Å². The van der Waals surface area contributed by atoms with E-state index in [0.717, 1.165) is 34.8 Å². The molecule has 2 aromatic carbocycles. The number of rotatable bonds is 4. The second-order valence-corrected chi connectivity index (χ2v) is 8.57. The Labute approximate surface area is 200 Å². The third-order valence-electron chi connectivity index (χ3n) is 5.95. The van der Waals surface area contributed by atoms with Gasteiger partial charge in [-0.15, -0.1) is 0 Å². The highest BCUT2D eigenvalue weighted by molar-refractivity contribution is 7.80. The van der Waals surface area contributed by atoms with Gasteiger partial charge in [0.1, 0.15) is 6.04 Å². The summed E-state index contributed by atoms with van der Waals surface area (Å²) >= 11 is 5.74. The number of nitrogens with zero attached hydrogens (tertiary/aromatic N) is 3. The van der Waals surface area contributed by atoms with E-state index < -0.39 is 11.7 Å². The number of nitrogens with one attached hydrogen (secondary N) is 1. The molecular formula is C26H21F3N4S. The molecular weight excluding hydrogens is 457 g/mol. The Morgan fingerprint density at radius 1 is 0.912 bits per heavy atom. The number of hydrogen-bond acceptors (Lipinski definition) is 2. The van der Waals surface area contributed by atoms with Crippen LogP contribution in [0.1, 0.15) is 34.6 Å². The van der Waals surface area contributed by atoms with Crippen LogP contribution in [0.3, 0.4) is 0 Å². The van der Waals surface area contributed by atoms with Gasteiger partial charge in [-0.25, -0.2) is 0 Å². The largest absolute Gasteiger partial charge is 0.416 e. The first-order valence-corrected chi connectivity index (χ1v) is 11.2. The van der Waals surface area contributed by atoms with Crippen LogP contribution >= 0.6 is 12.2 Å². The van der Waals surface area contributed by atoms with Crippen LogP contribution in [0.25, 0.3) is 5.69 Å². The van der Waals surface area contributed by atoms with Crippen LogP contribution in [0.4, 0.5) is 18.9 Å². The monoisotopic (exact) mass is 478 g/mol. The normalized spacial score (nSPS) is 18.2. The lowest BCUT2D eigenvalue weighted by atomic mass is 10.0. The number of benzene rings is 2. The molecule has 8 heteroatoms. The molecule has 34 heavy (non-hydrogen) atoms. The van der Waals surface area contributed by atoms with Crippen molar-refractivity contribution in [2.24, 2.45) is 0 Å². The van der Waals surface area contributed by atoms with E-state index in [1.165, 1.54) is 6.07 Å². The van der Waals surface area contributed by atoms with Crippen LogP contribution in [0.5, 0.6) is 0 Å². The average molecular weight is 479 g/mol. The van der Waals surface area contributed by atoms with Gasteiger partial charge in [-0.05, 0) is 73.7 Å². The number of pyridine rings is 1. The first kappa shape index (κ1) is 22.2. The molecule has 1 saturated heterocycles. The van der Waals surface area contributed by atoms with Crippen molar-refractivity contribution in [3.05, 3.63) is 114 Å². The molecule has 0 aliphatic carbocycles. The van der Waals surface area contributed by atoms with Crippen molar-refractivity contribution in [1.82, 2.24) is 14.9 Å². The Bertz CT molecular complexity index is 1320. The number of thiocarbonyl (C=S) groups is 1. The second kappa shape index (κ2) is 8.61. The molecule has 1 aliphatic heterocycles. The van der Waals surface area contributed by atoms with E-state index in [4.69, 9.17) is 12.2 Å². The molecule has 0 radical (unpaired) electrons. The maximum Gasteiger partial charge on any atom is 0.416 e. The highest BCUT2D eigenvalue weighted by Gasteiger charge is 2.42. The summed E-state index contributed by atoms with van der Waals surface area (Å²) in [5.41, 5.74) is 3.33. The first-order chi connectivity index (χ1) is 16.3. The zero-order valence-corrected chi connectivity index (χ0v) is 19.0. The molecule has 2 atom stereocenters. The molecule has 4 nitrogen and oxygen atoms in total. The zero-order chi connectivity index (χ0) is 23.9. The molecule has 0 spiro atoms. The molecule has 4 aromatic rings. The van der Waals surface area contributed by atoms with Gasteiger partial charge in [0.15, 0.2) is 5.11 Å². The lowest BCUT2D eigenvalue weighted by Gasteiger charge is -2.29. The molecule has 1 fully saturated rings. The van der Waals surface area contributed by atoms with E-state index in [9.17, 15) is 13.2 Å². The van der Waals surface area contributed by atoms with Gasteiger partial charge in [0.25, 0.3) is 0 Å². The summed E-state index contributed by atoms with van der Waals surface area (Å²) in [7, 11) is 0. The van der Waals surface area contributed by atoms with E-state index in [0.29, 0.717) is 10.8 Å². The number of aryl methyl sites for hydroxylation is 1. The predicted molar refractivity (Wildman–Crippen MR) is 130 cm³/mol. The number of alkyl halides is 3. The summed E-state index contributed by atoms with van der Waals surface area (Å²) in [6, 6.07) is 22.1. The standard InChI is InChI=1S/C26H21F3N4S/c1-17-10-12-19(13-11-17)33-24(23(31-25(33)34)21-8-2-3-14-30-21)22-9-5-15-32(22)20-7-4-6-18(16-20)26(27,28)29/h2-16,23-24H,1H3,(H,31,34)/t23-,24-/m0/s1. The van der Waals surface area contributed by atoms with Crippen molar-refractivity contribution in [1.29, 1.82) is 0 Å². The first-order valence-electron chi connectivity index (χ1n) is 10.7. The molecule has 5 rings (SSSR count). The van der Waals surface area contributed by atoms with Gasteiger partial charge >= 0.3 is 6.18 Å². The SMILES string of the molecule is Cc1ccc(N2C(=S)N[C@@H](c3ccccn3)[C@@H]2c2cccn2-c2cccc(C(F)(F)F)c2)cc1. The zero-order valence-electron chi connectivity index (χ0n) is 18.2. The average Bonchev–Trinajstić information content (AvgIpc) is 3.44. The quantitative estimate of drug-likeness (QED) is 0.345. The summed E-state index contributed by atoms with van der Waals surface area (Å²) in [4.78, 5) is 6.55.